The molecule has 6 heteroatoms. The fourth-order valence-corrected chi connectivity index (χ4v) is 2.28. The molecule has 2 aromatic rings. The van der Waals surface area contributed by atoms with Gasteiger partial charge in [-0.05, 0) is 40.9 Å². The maximum Gasteiger partial charge on any atom is 0.393 e. The second kappa shape index (κ2) is 4.65. The first-order chi connectivity index (χ1) is 8.42. The minimum atomic E-state index is -4.29. The van der Waals surface area contributed by atoms with E-state index in [-0.39, 0.29) is 11.3 Å². The average Bonchev–Trinajstić information content (AvgIpc) is 2.56. The highest BCUT2D eigenvalue weighted by molar-refractivity contribution is 9.10. The molecule has 0 amide bonds. The molecule has 0 aliphatic rings. The third-order valence-corrected chi connectivity index (χ3v) is 2.97. The standard InChI is InChI=1S/C12H8BrF3N2/c1-2-4-10-8(7-12(14,15)16)11-9(13)5-3-6-18(11)17-10/h3,5-6H,7H2,1H3. The molecule has 2 rings (SSSR count). The van der Waals surface area contributed by atoms with Gasteiger partial charge >= 0.3 is 6.18 Å². The molecule has 0 radical (unpaired) electrons. The van der Waals surface area contributed by atoms with Gasteiger partial charge in [0, 0.05) is 16.2 Å². The van der Waals surface area contributed by atoms with Gasteiger partial charge in [-0.3, -0.25) is 0 Å². The van der Waals surface area contributed by atoms with E-state index in [9.17, 15) is 13.2 Å². The zero-order valence-electron chi connectivity index (χ0n) is 9.35. The molecule has 0 spiro atoms. The molecule has 0 saturated heterocycles. The van der Waals surface area contributed by atoms with Crippen molar-refractivity contribution in [2.75, 3.05) is 0 Å². The van der Waals surface area contributed by atoms with E-state index in [1.54, 1.807) is 25.3 Å². The maximum absolute atomic E-state index is 12.6. The fourth-order valence-electron chi connectivity index (χ4n) is 1.70. The van der Waals surface area contributed by atoms with Crippen LogP contribution in [-0.4, -0.2) is 15.8 Å². The lowest BCUT2D eigenvalue weighted by molar-refractivity contribution is -0.127. The third-order valence-electron chi connectivity index (χ3n) is 2.33. The minimum Gasteiger partial charge on any atom is -0.238 e. The summed E-state index contributed by atoms with van der Waals surface area (Å²) in [7, 11) is 0. The largest absolute Gasteiger partial charge is 0.393 e. The number of pyridine rings is 1. The van der Waals surface area contributed by atoms with E-state index in [1.807, 2.05) is 0 Å². The molecule has 0 aliphatic carbocycles. The molecule has 0 bridgehead atoms. The molecule has 0 aliphatic heterocycles. The van der Waals surface area contributed by atoms with Gasteiger partial charge in [0.05, 0.1) is 11.9 Å². The van der Waals surface area contributed by atoms with Gasteiger partial charge in [0.1, 0.15) is 5.69 Å². The Hall–Kier alpha value is -1.48. The molecule has 0 unspecified atom stereocenters. The van der Waals surface area contributed by atoms with Crippen molar-refractivity contribution in [3.63, 3.8) is 0 Å². The van der Waals surface area contributed by atoms with Crippen molar-refractivity contribution in [2.45, 2.75) is 19.5 Å². The SMILES string of the molecule is CC#Cc1nn2cccc(Br)c2c1CC(F)(F)F. The Bertz CT molecular complexity index is 647. The van der Waals surface area contributed by atoms with Crippen molar-refractivity contribution in [3.05, 3.63) is 34.1 Å². The van der Waals surface area contributed by atoms with Gasteiger partial charge < -0.3 is 0 Å². The monoisotopic (exact) mass is 316 g/mol. The van der Waals surface area contributed by atoms with Gasteiger partial charge in [0.15, 0.2) is 0 Å². The summed E-state index contributed by atoms with van der Waals surface area (Å²) in [6.45, 7) is 1.57. The quantitative estimate of drug-likeness (QED) is 0.735. The number of aromatic nitrogens is 2. The Morgan fingerprint density at radius 2 is 2.17 bits per heavy atom. The van der Waals surface area contributed by atoms with E-state index in [1.165, 1.54) is 4.52 Å². The first-order valence-electron chi connectivity index (χ1n) is 5.07. The lowest BCUT2D eigenvalue weighted by Crippen LogP contribution is -2.12. The van der Waals surface area contributed by atoms with E-state index in [0.717, 1.165) is 0 Å². The fraction of sp³-hybridized carbons (Fsp3) is 0.250. The summed E-state index contributed by atoms with van der Waals surface area (Å²) in [5.74, 6) is 5.19. The summed E-state index contributed by atoms with van der Waals surface area (Å²) in [6.07, 6.45) is -3.73. The third kappa shape index (κ3) is 2.51. The minimum absolute atomic E-state index is 0.101. The molecule has 0 atom stereocenters. The number of fused-ring (bicyclic) bond motifs is 1. The predicted octanol–water partition coefficient (Wildman–Crippen LogP) is 3.57. The van der Waals surface area contributed by atoms with Crippen molar-refractivity contribution >= 4 is 21.4 Å². The van der Waals surface area contributed by atoms with Crippen LogP contribution in [0.25, 0.3) is 5.52 Å². The average molecular weight is 317 g/mol. The van der Waals surface area contributed by atoms with Crippen molar-refractivity contribution in [1.82, 2.24) is 9.61 Å². The maximum atomic E-state index is 12.6. The highest BCUT2D eigenvalue weighted by Crippen LogP contribution is 2.30. The van der Waals surface area contributed by atoms with Crippen molar-refractivity contribution in [1.29, 1.82) is 0 Å². The Morgan fingerprint density at radius 3 is 2.78 bits per heavy atom. The highest BCUT2D eigenvalue weighted by atomic mass is 79.9. The molecule has 0 aromatic carbocycles. The predicted molar refractivity (Wildman–Crippen MR) is 65.2 cm³/mol. The van der Waals surface area contributed by atoms with E-state index in [0.29, 0.717) is 9.99 Å². The zero-order chi connectivity index (χ0) is 13.3. The molecule has 2 aromatic heterocycles. The highest BCUT2D eigenvalue weighted by Gasteiger charge is 2.31. The topological polar surface area (TPSA) is 17.3 Å². The van der Waals surface area contributed by atoms with Crippen molar-refractivity contribution in [3.8, 4) is 11.8 Å². The first-order valence-corrected chi connectivity index (χ1v) is 5.87. The summed E-state index contributed by atoms with van der Waals surface area (Å²) < 4.78 is 39.8. The lowest BCUT2D eigenvalue weighted by Gasteiger charge is -2.05. The van der Waals surface area contributed by atoms with Crippen LogP contribution in [-0.2, 0) is 6.42 Å². The van der Waals surface area contributed by atoms with Crippen molar-refractivity contribution in [2.24, 2.45) is 0 Å². The van der Waals surface area contributed by atoms with Crippen LogP contribution in [0.15, 0.2) is 22.8 Å². The number of hydrogen-bond donors (Lipinski definition) is 0. The summed E-state index contributed by atoms with van der Waals surface area (Å²) >= 11 is 3.24. The Balaban J connectivity index is 2.71. The number of halogens is 4. The Kier molecular flexibility index (Phi) is 3.35. The van der Waals surface area contributed by atoms with Gasteiger partial charge in [-0.25, -0.2) is 4.52 Å². The molecule has 0 N–H and O–H groups in total. The van der Waals surface area contributed by atoms with Gasteiger partial charge in [0.2, 0.25) is 0 Å². The molecule has 18 heavy (non-hydrogen) atoms. The number of alkyl halides is 3. The van der Waals surface area contributed by atoms with Crippen LogP contribution in [0.3, 0.4) is 0 Å². The Labute approximate surface area is 110 Å². The van der Waals surface area contributed by atoms with Crippen LogP contribution in [0.4, 0.5) is 13.2 Å². The summed E-state index contributed by atoms with van der Waals surface area (Å²) in [5, 5.41) is 4.06. The van der Waals surface area contributed by atoms with Gasteiger partial charge in [-0.1, -0.05) is 5.92 Å². The molecule has 94 valence electrons. The van der Waals surface area contributed by atoms with Crippen LogP contribution in [0.1, 0.15) is 18.2 Å². The molecule has 2 heterocycles. The number of nitrogens with zero attached hydrogens (tertiary/aromatic N) is 2. The summed E-state index contributed by atoms with van der Waals surface area (Å²) in [5.41, 5.74) is 0.679. The van der Waals surface area contributed by atoms with Crippen LogP contribution < -0.4 is 0 Å². The normalized spacial score (nSPS) is 11.4. The van der Waals surface area contributed by atoms with Crippen molar-refractivity contribution < 1.29 is 13.2 Å². The van der Waals surface area contributed by atoms with Gasteiger partial charge in [-0.2, -0.15) is 18.3 Å². The Morgan fingerprint density at radius 1 is 1.44 bits per heavy atom. The van der Waals surface area contributed by atoms with Crippen LogP contribution in [0, 0.1) is 11.8 Å². The summed E-state index contributed by atoms with van der Waals surface area (Å²) in [6, 6.07) is 3.38. The number of rotatable bonds is 1. The van der Waals surface area contributed by atoms with Crippen LogP contribution in [0.5, 0.6) is 0 Å². The van der Waals surface area contributed by atoms with Crippen LogP contribution >= 0.6 is 15.9 Å². The van der Waals surface area contributed by atoms with E-state index in [2.05, 4.69) is 32.9 Å². The zero-order valence-corrected chi connectivity index (χ0v) is 10.9. The molecule has 2 nitrogen and oxygen atoms in total. The lowest BCUT2D eigenvalue weighted by atomic mass is 10.1. The first kappa shape index (κ1) is 13.0. The second-order valence-electron chi connectivity index (χ2n) is 3.64. The molecular formula is C12H8BrF3N2. The smallest absolute Gasteiger partial charge is 0.238 e. The molecular weight excluding hydrogens is 309 g/mol. The number of hydrogen-bond acceptors (Lipinski definition) is 1. The molecule has 0 saturated carbocycles. The van der Waals surface area contributed by atoms with Crippen LogP contribution in [0.2, 0.25) is 0 Å². The van der Waals surface area contributed by atoms with E-state index in [4.69, 9.17) is 0 Å². The van der Waals surface area contributed by atoms with Gasteiger partial charge in [-0.15, -0.1) is 0 Å². The van der Waals surface area contributed by atoms with Gasteiger partial charge in [0.25, 0.3) is 0 Å². The van der Waals surface area contributed by atoms with E-state index < -0.39 is 12.6 Å². The van der Waals surface area contributed by atoms with E-state index >= 15 is 0 Å². The summed E-state index contributed by atoms with van der Waals surface area (Å²) in [4.78, 5) is 0. The second-order valence-corrected chi connectivity index (χ2v) is 4.50. The molecule has 0 fully saturated rings.